The molecule has 1 fully saturated rings. The van der Waals surface area contributed by atoms with Crippen molar-refractivity contribution in [1.82, 2.24) is 9.47 Å². The molecule has 24 heavy (non-hydrogen) atoms. The Morgan fingerprint density at radius 2 is 1.79 bits per heavy atom. The van der Waals surface area contributed by atoms with Crippen molar-refractivity contribution in [1.29, 1.82) is 0 Å². The van der Waals surface area contributed by atoms with Gasteiger partial charge in [-0.2, -0.15) is 0 Å². The predicted molar refractivity (Wildman–Crippen MR) is 90.1 cm³/mol. The molecular weight excluding hydrogens is 310 g/mol. The average Bonchev–Trinajstić information content (AvgIpc) is 2.85. The molecule has 1 saturated heterocycles. The second kappa shape index (κ2) is 6.85. The van der Waals surface area contributed by atoms with Crippen molar-refractivity contribution in [3.05, 3.63) is 53.1 Å². The second-order valence-electron chi connectivity index (χ2n) is 6.47. The largest absolute Gasteiger partial charge is 0.318 e. The second-order valence-corrected chi connectivity index (χ2v) is 6.47. The first kappa shape index (κ1) is 16.8. The van der Waals surface area contributed by atoms with Crippen LogP contribution in [0.3, 0.4) is 0 Å². The van der Waals surface area contributed by atoms with Crippen molar-refractivity contribution in [2.75, 3.05) is 19.6 Å². The quantitative estimate of drug-likeness (QED) is 0.795. The number of aromatic nitrogens is 1. The Bertz CT molecular complexity index is 729. The molecule has 0 radical (unpaired) electrons. The summed E-state index contributed by atoms with van der Waals surface area (Å²) in [6.07, 6.45) is 0.268. The summed E-state index contributed by atoms with van der Waals surface area (Å²) < 4.78 is 28.3. The molecule has 3 rings (SSSR count). The van der Waals surface area contributed by atoms with E-state index < -0.39 is 6.17 Å². The summed E-state index contributed by atoms with van der Waals surface area (Å²) in [5.74, 6) is -0.234. The lowest BCUT2D eigenvalue weighted by Gasteiger charge is -2.27. The molecule has 1 aromatic carbocycles. The third-order valence-electron chi connectivity index (χ3n) is 4.70. The first-order valence-electron chi connectivity index (χ1n) is 8.30. The standard InChI is InChI=1S/C19H22F2N2O/c1-13-11-18(19(24)12-22-9-7-16(21)8-10-22)14(2)23(13)17-5-3-15(20)4-6-17/h3-6,11,16H,7-10,12H2,1-2H3. The molecule has 1 aliphatic heterocycles. The summed E-state index contributed by atoms with van der Waals surface area (Å²) in [7, 11) is 0. The van der Waals surface area contributed by atoms with Crippen molar-refractivity contribution >= 4 is 5.78 Å². The minimum atomic E-state index is -0.736. The first-order valence-corrected chi connectivity index (χ1v) is 8.30. The van der Waals surface area contributed by atoms with E-state index in [0.717, 1.165) is 17.1 Å². The number of ketones is 1. The van der Waals surface area contributed by atoms with Gasteiger partial charge in [0, 0.05) is 35.7 Å². The number of rotatable bonds is 4. The highest BCUT2D eigenvalue weighted by Crippen LogP contribution is 2.22. The summed E-state index contributed by atoms with van der Waals surface area (Å²) >= 11 is 0. The summed E-state index contributed by atoms with van der Waals surface area (Å²) in [6, 6.07) is 8.11. The molecule has 0 amide bonds. The van der Waals surface area contributed by atoms with E-state index in [0.29, 0.717) is 38.0 Å². The molecule has 3 nitrogen and oxygen atoms in total. The lowest BCUT2D eigenvalue weighted by atomic mass is 10.1. The van der Waals surface area contributed by atoms with E-state index in [1.807, 2.05) is 29.4 Å². The topological polar surface area (TPSA) is 25.2 Å². The third kappa shape index (κ3) is 3.41. The zero-order valence-corrected chi connectivity index (χ0v) is 14.1. The van der Waals surface area contributed by atoms with Crippen molar-refractivity contribution in [2.45, 2.75) is 32.9 Å². The number of halogens is 2. The molecule has 1 aromatic heterocycles. The van der Waals surface area contributed by atoms with Crippen LogP contribution in [-0.2, 0) is 0 Å². The fourth-order valence-corrected chi connectivity index (χ4v) is 3.38. The Morgan fingerprint density at radius 3 is 2.42 bits per heavy atom. The Labute approximate surface area is 140 Å². The fourth-order valence-electron chi connectivity index (χ4n) is 3.38. The maximum absolute atomic E-state index is 13.2. The van der Waals surface area contributed by atoms with Crippen molar-refractivity contribution in [2.24, 2.45) is 0 Å². The molecule has 0 atom stereocenters. The predicted octanol–water partition coefficient (Wildman–Crippen LogP) is 3.85. The van der Waals surface area contributed by atoms with Crippen molar-refractivity contribution in [3.63, 3.8) is 0 Å². The molecule has 0 saturated carbocycles. The van der Waals surface area contributed by atoms with Crippen LogP contribution in [0.5, 0.6) is 0 Å². The van der Waals surface area contributed by atoms with Gasteiger partial charge in [-0.1, -0.05) is 0 Å². The van der Waals surface area contributed by atoms with E-state index in [1.165, 1.54) is 12.1 Å². The Balaban J connectivity index is 1.80. The highest BCUT2D eigenvalue weighted by molar-refractivity contribution is 5.99. The van der Waals surface area contributed by atoms with Crippen molar-refractivity contribution in [3.8, 4) is 5.69 Å². The lowest BCUT2D eigenvalue weighted by molar-refractivity contribution is 0.0874. The number of alkyl halides is 1. The number of likely N-dealkylation sites (tertiary alicyclic amines) is 1. The van der Waals surface area contributed by atoms with Gasteiger partial charge in [-0.05, 0) is 57.0 Å². The van der Waals surface area contributed by atoms with Crippen LogP contribution in [0.15, 0.2) is 30.3 Å². The van der Waals surface area contributed by atoms with Gasteiger partial charge in [-0.3, -0.25) is 9.69 Å². The summed E-state index contributed by atoms with van der Waals surface area (Å²) in [6.45, 7) is 5.41. The third-order valence-corrected chi connectivity index (χ3v) is 4.70. The molecule has 0 bridgehead atoms. The number of piperidine rings is 1. The van der Waals surface area contributed by atoms with E-state index in [2.05, 4.69) is 0 Å². The Kier molecular flexibility index (Phi) is 4.81. The highest BCUT2D eigenvalue weighted by atomic mass is 19.1. The van der Waals surface area contributed by atoms with Crippen molar-refractivity contribution < 1.29 is 13.6 Å². The summed E-state index contributed by atoms with van der Waals surface area (Å²) in [5.41, 5.74) is 3.30. The van der Waals surface area contributed by atoms with Crippen LogP contribution >= 0.6 is 0 Å². The number of carbonyl (C=O) groups excluding carboxylic acids is 1. The van der Waals surface area contributed by atoms with Crippen LogP contribution in [0.2, 0.25) is 0 Å². The molecule has 5 heteroatoms. The molecule has 128 valence electrons. The highest BCUT2D eigenvalue weighted by Gasteiger charge is 2.23. The molecule has 0 unspecified atom stereocenters. The number of carbonyl (C=O) groups is 1. The Hall–Kier alpha value is -2.01. The van der Waals surface area contributed by atoms with Gasteiger partial charge >= 0.3 is 0 Å². The zero-order valence-electron chi connectivity index (χ0n) is 14.1. The maximum Gasteiger partial charge on any atom is 0.178 e. The number of aryl methyl sites for hydroxylation is 1. The first-order chi connectivity index (χ1) is 11.5. The number of nitrogens with zero attached hydrogens (tertiary/aromatic N) is 2. The average molecular weight is 332 g/mol. The van der Waals surface area contributed by atoms with E-state index >= 15 is 0 Å². The zero-order chi connectivity index (χ0) is 17.3. The van der Waals surface area contributed by atoms with Crippen LogP contribution in [-0.4, -0.2) is 41.1 Å². The number of hydrogen-bond donors (Lipinski definition) is 0. The molecular formula is C19H22F2N2O. The smallest absolute Gasteiger partial charge is 0.178 e. The Morgan fingerprint density at radius 1 is 1.17 bits per heavy atom. The number of Topliss-reactive ketones (excluding diaryl/α,β-unsaturated/α-hetero) is 1. The molecule has 0 N–H and O–H groups in total. The van der Waals surface area contributed by atoms with E-state index in [1.54, 1.807) is 12.1 Å². The van der Waals surface area contributed by atoms with E-state index in [4.69, 9.17) is 0 Å². The molecule has 2 aromatic rings. The minimum absolute atomic E-state index is 0.0498. The van der Waals surface area contributed by atoms with E-state index in [-0.39, 0.29) is 11.6 Å². The number of hydrogen-bond acceptors (Lipinski definition) is 2. The van der Waals surface area contributed by atoms with Crippen LogP contribution in [0.4, 0.5) is 8.78 Å². The normalized spacial score (nSPS) is 16.5. The van der Waals surface area contributed by atoms with Crippen LogP contribution in [0, 0.1) is 19.7 Å². The summed E-state index contributed by atoms with van der Waals surface area (Å²) in [5, 5.41) is 0. The molecule has 0 aliphatic carbocycles. The van der Waals surface area contributed by atoms with Crippen LogP contribution < -0.4 is 0 Å². The van der Waals surface area contributed by atoms with Gasteiger partial charge in [0.05, 0.1) is 6.54 Å². The van der Waals surface area contributed by atoms with E-state index in [9.17, 15) is 13.6 Å². The van der Waals surface area contributed by atoms with Gasteiger partial charge in [-0.25, -0.2) is 8.78 Å². The molecule has 1 aliphatic rings. The molecule has 0 spiro atoms. The van der Waals surface area contributed by atoms with Crippen LogP contribution in [0.1, 0.15) is 34.6 Å². The SMILES string of the molecule is Cc1cc(C(=O)CN2CCC(F)CC2)c(C)n1-c1ccc(F)cc1. The van der Waals surface area contributed by atoms with Gasteiger partial charge in [0.2, 0.25) is 0 Å². The van der Waals surface area contributed by atoms with Gasteiger partial charge in [0.1, 0.15) is 12.0 Å². The van der Waals surface area contributed by atoms with Gasteiger partial charge in [-0.15, -0.1) is 0 Å². The number of benzene rings is 1. The van der Waals surface area contributed by atoms with Gasteiger partial charge in [0.15, 0.2) is 5.78 Å². The summed E-state index contributed by atoms with van der Waals surface area (Å²) in [4.78, 5) is 14.7. The lowest BCUT2D eigenvalue weighted by Crippen LogP contribution is -2.38. The maximum atomic E-state index is 13.2. The monoisotopic (exact) mass is 332 g/mol. The molecule has 2 heterocycles. The van der Waals surface area contributed by atoms with Crippen LogP contribution in [0.25, 0.3) is 5.69 Å². The minimum Gasteiger partial charge on any atom is -0.318 e. The van der Waals surface area contributed by atoms with Gasteiger partial charge < -0.3 is 4.57 Å². The fraction of sp³-hybridized carbons (Fsp3) is 0.421. The van der Waals surface area contributed by atoms with Gasteiger partial charge in [0.25, 0.3) is 0 Å².